The molecule has 138 valence electrons. The number of aryl methyl sites for hydroxylation is 3. The number of aromatic nitrogens is 5. The molecule has 0 spiro atoms. The second-order valence-corrected chi connectivity index (χ2v) is 7.45. The smallest absolute Gasteiger partial charge is 0.267 e. The molecule has 0 amide bonds. The fraction of sp³-hybridized carbons (Fsp3) is 0.450. The van der Waals surface area contributed by atoms with Crippen molar-refractivity contribution in [2.75, 3.05) is 11.4 Å². The van der Waals surface area contributed by atoms with Crippen LogP contribution in [0.15, 0.2) is 29.2 Å². The van der Waals surface area contributed by atoms with Gasteiger partial charge in [-0.2, -0.15) is 5.10 Å². The first-order valence-electron chi connectivity index (χ1n) is 9.65. The molecule has 5 rings (SSSR count). The molecule has 1 unspecified atom stereocenters. The second kappa shape index (κ2) is 6.40. The van der Waals surface area contributed by atoms with E-state index in [0.717, 1.165) is 72.6 Å². The molecule has 0 saturated carbocycles. The first kappa shape index (κ1) is 16.4. The lowest BCUT2D eigenvalue weighted by Gasteiger charge is -2.27. The summed E-state index contributed by atoms with van der Waals surface area (Å²) in [5, 5.41) is 5.62. The van der Waals surface area contributed by atoms with E-state index in [1.165, 1.54) is 0 Å². The van der Waals surface area contributed by atoms with Crippen LogP contribution in [0, 0.1) is 6.92 Å². The van der Waals surface area contributed by atoms with Crippen molar-refractivity contribution >= 4 is 16.9 Å². The third-order valence-corrected chi connectivity index (χ3v) is 5.62. The van der Waals surface area contributed by atoms with Gasteiger partial charge in [0.2, 0.25) is 0 Å². The average molecular weight is 362 g/mol. The van der Waals surface area contributed by atoms with E-state index in [1.54, 1.807) is 16.9 Å². The standard InChI is InChI=1S/C20H22N6O/c1-13-22-19-16(7-3-9-21-19)20(23-13)25-10-4-6-15(25)12-26-18(27)11-14-5-2-8-17(14)24-26/h3,7,9,11,15H,2,4-6,8,10,12H2,1H3. The maximum absolute atomic E-state index is 12.5. The Kier molecular flexibility index (Phi) is 3.88. The van der Waals surface area contributed by atoms with E-state index in [9.17, 15) is 4.79 Å². The number of fused-ring (bicyclic) bond motifs is 2. The minimum atomic E-state index is 0.00731. The van der Waals surface area contributed by atoms with Gasteiger partial charge in [-0.3, -0.25) is 4.79 Å². The Morgan fingerprint density at radius 1 is 1.22 bits per heavy atom. The fourth-order valence-electron chi connectivity index (χ4n) is 4.35. The Balaban J connectivity index is 1.51. The van der Waals surface area contributed by atoms with E-state index in [-0.39, 0.29) is 11.6 Å². The number of rotatable bonds is 3. The molecule has 1 fully saturated rings. The molecule has 0 radical (unpaired) electrons. The SMILES string of the molecule is Cc1nc(N2CCCC2Cn2nc3c(cc2=O)CCC3)c2cccnc2n1. The average Bonchev–Trinajstić information content (AvgIpc) is 3.30. The molecule has 3 aromatic heterocycles. The molecule has 3 aromatic rings. The minimum absolute atomic E-state index is 0.00731. The monoisotopic (exact) mass is 362 g/mol. The molecule has 7 heteroatoms. The molecule has 7 nitrogen and oxygen atoms in total. The van der Waals surface area contributed by atoms with Crippen LogP contribution in [0.4, 0.5) is 5.82 Å². The van der Waals surface area contributed by atoms with Crippen LogP contribution in [0.1, 0.15) is 36.3 Å². The summed E-state index contributed by atoms with van der Waals surface area (Å²) in [6, 6.07) is 5.92. The van der Waals surface area contributed by atoms with E-state index in [2.05, 4.69) is 20.0 Å². The maximum Gasteiger partial charge on any atom is 0.267 e. The Morgan fingerprint density at radius 2 is 2.15 bits per heavy atom. The van der Waals surface area contributed by atoms with Crippen LogP contribution in [-0.2, 0) is 19.4 Å². The molecular formula is C20H22N6O. The lowest BCUT2D eigenvalue weighted by atomic mass is 10.2. The van der Waals surface area contributed by atoms with Crippen LogP contribution in [0.3, 0.4) is 0 Å². The Labute approximate surface area is 157 Å². The van der Waals surface area contributed by atoms with Crippen molar-refractivity contribution < 1.29 is 0 Å². The van der Waals surface area contributed by atoms with Gasteiger partial charge in [0.25, 0.3) is 5.56 Å². The first-order valence-corrected chi connectivity index (χ1v) is 9.65. The van der Waals surface area contributed by atoms with Crippen molar-refractivity contribution in [1.82, 2.24) is 24.7 Å². The molecule has 0 bridgehead atoms. The third kappa shape index (κ3) is 2.87. The molecule has 1 atom stereocenters. The van der Waals surface area contributed by atoms with E-state index < -0.39 is 0 Å². The van der Waals surface area contributed by atoms with Gasteiger partial charge >= 0.3 is 0 Å². The second-order valence-electron chi connectivity index (χ2n) is 7.45. The minimum Gasteiger partial charge on any atom is -0.351 e. The van der Waals surface area contributed by atoms with Crippen molar-refractivity contribution in [2.45, 2.75) is 51.6 Å². The highest BCUT2D eigenvalue weighted by atomic mass is 16.1. The summed E-state index contributed by atoms with van der Waals surface area (Å²) in [5.74, 6) is 1.64. The van der Waals surface area contributed by atoms with E-state index >= 15 is 0 Å². The van der Waals surface area contributed by atoms with Crippen molar-refractivity contribution in [3.63, 3.8) is 0 Å². The molecule has 4 heterocycles. The number of hydrogen-bond donors (Lipinski definition) is 0. The predicted octanol–water partition coefficient (Wildman–Crippen LogP) is 2.05. The molecule has 1 aliphatic heterocycles. The van der Waals surface area contributed by atoms with Gasteiger partial charge in [0.05, 0.1) is 23.7 Å². The molecule has 1 aliphatic carbocycles. The molecule has 1 saturated heterocycles. The predicted molar refractivity (Wildman–Crippen MR) is 103 cm³/mol. The highest BCUT2D eigenvalue weighted by Gasteiger charge is 2.29. The molecule has 27 heavy (non-hydrogen) atoms. The van der Waals surface area contributed by atoms with Crippen LogP contribution in [0.5, 0.6) is 0 Å². The van der Waals surface area contributed by atoms with Crippen LogP contribution < -0.4 is 10.5 Å². The fourth-order valence-corrected chi connectivity index (χ4v) is 4.35. The molecular weight excluding hydrogens is 340 g/mol. The number of anilines is 1. The van der Waals surface area contributed by atoms with Gasteiger partial charge in [0.1, 0.15) is 11.6 Å². The summed E-state index contributed by atoms with van der Waals surface area (Å²) in [6.07, 6.45) is 6.92. The summed E-state index contributed by atoms with van der Waals surface area (Å²) in [6.45, 7) is 3.41. The third-order valence-electron chi connectivity index (χ3n) is 5.62. The van der Waals surface area contributed by atoms with Gasteiger partial charge in [-0.05, 0) is 56.7 Å². The number of nitrogens with zero attached hydrogens (tertiary/aromatic N) is 6. The van der Waals surface area contributed by atoms with Crippen LogP contribution in [0.2, 0.25) is 0 Å². The van der Waals surface area contributed by atoms with Crippen molar-refractivity contribution in [2.24, 2.45) is 0 Å². The summed E-state index contributed by atoms with van der Waals surface area (Å²) in [7, 11) is 0. The van der Waals surface area contributed by atoms with Crippen molar-refractivity contribution in [3.05, 3.63) is 51.8 Å². The van der Waals surface area contributed by atoms with Gasteiger partial charge in [-0.1, -0.05) is 0 Å². The zero-order valence-electron chi connectivity index (χ0n) is 15.4. The number of hydrogen-bond acceptors (Lipinski definition) is 6. The van der Waals surface area contributed by atoms with E-state index in [1.807, 2.05) is 19.1 Å². The first-order chi connectivity index (χ1) is 13.2. The zero-order chi connectivity index (χ0) is 18.4. The number of pyridine rings is 1. The Morgan fingerprint density at radius 3 is 3.07 bits per heavy atom. The van der Waals surface area contributed by atoms with Crippen molar-refractivity contribution in [3.8, 4) is 0 Å². The van der Waals surface area contributed by atoms with Gasteiger partial charge in [0, 0.05) is 18.8 Å². The Bertz CT molecular complexity index is 1080. The molecule has 2 aliphatic rings. The van der Waals surface area contributed by atoms with Gasteiger partial charge in [-0.15, -0.1) is 0 Å². The lowest BCUT2D eigenvalue weighted by molar-refractivity contribution is 0.482. The quantitative estimate of drug-likeness (QED) is 0.710. The lowest BCUT2D eigenvalue weighted by Crippen LogP contribution is -2.38. The zero-order valence-corrected chi connectivity index (χ0v) is 15.4. The highest BCUT2D eigenvalue weighted by Crippen LogP contribution is 2.30. The maximum atomic E-state index is 12.5. The molecule has 0 aromatic carbocycles. The Hall–Kier alpha value is -2.83. The summed E-state index contributed by atoms with van der Waals surface area (Å²) in [5.41, 5.74) is 2.95. The normalized spacial score (nSPS) is 19.0. The van der Waals surface area contributed by atoms with Gasteiger partial charge in [-0.25, -0.2) is 19.6 Å². The largest absolute Gasteiger partial charge is 0.351 e. The summed E-state index contributed by atoms with van der Waals surface area (Å²) >= 11 is 0. The summed E-state index contributed by atoms with van der Waals surface area (Å²) in [4.78, 5) is 28.4. The van der Waals surface area contributed by atoms with Crippen molar-refractivity contribution in [1.29, 1.82) is 0 Å². The van der Waals surface area contributed by atoms with E-state index in [4.69, 9.17) is 4.98 Å². The van der Waals surface area contributed by atoms with Crippen LogP contribution in [0.25, 0.3) is 11.0 Å². The summed E-state index contributed by atoms with van der Waals surface area (Å²) < 4.78 is 1.65. The molecule has 0 N–H and O–H groups in total. The topological polar surface area (TPSA) is 76.8 Å². The van der Waals surface area contributed by atoms with Gasteiger partial charge < -0.3 is 4.90 Å². The highest BCUT2D eigenvalue weighted by molar-refractivity contribution is 5.87. The van der Waals surface area contributed by atoms with Crippen LogP contribution >= 0.6 is 0 Å². The van der Waals surface area contributed by atoms with Gasteiger partial charge in [0.15, 0.2) is 5.65 Å². The van der Waals surface area contributed by atoms with E-state index in [0.29, 0.717) is 6.54 Å². The van der Waals surface area contributed by atoms with Crippen LogP contribution in [-0.4, -0.2) is 37.3 Å².